The molecule has 0 amide bonds. The molecule has 0 aromatic heterocycles. The number of anilines is 1. The third kappa shape index (κ3) is 2.42. The van der Waals surface area contributed by atoms with Gasteiger partial charge in [-0.1, -0.05) is 6.42 Å². The van der Waals surface area contributed by atoms with E-state index in [1.807, 2.05) is 6.92 Å². The average Bonchev–Trinajstić information content (AvgIpc) is 2.36. The maximum Gasteiger partial charge on any atom is 0.243 e. The Kier molecular flexibility index (Phi) is 4.07. The highest BCUT2D eigenvalue weighted by atomic mass is 32.2. The number of nitrogens with zero attached hydrogens (tertiary/aromatic N) is 1. The second-order valence-corrected chi connectivity index (χ2v) is 7.33. The number of piperidine rings is 1. The van der Waals surface area contributed by atoms with Gasteiger partial charge >= 0.3 is 0 Å². The monoisotopic (exact) mass is 300 g/mol. The summed E-state index contributed by atoms with van der Waals surface area (Å²) in [5.41, 5.74) is 6.29. The van der Waals surface area contributed by atoms with Gasteiger partial charge in [0.15, 0.2) is 0 Å². The SMILES string of the molecule is Cc1cc(F)c(N)c(C)c1S(=O)(=O)N1CCCCC1C. The minimum Gasteiger partial charge on any atom is -0.396 e. The maximum absolute atomic E-state index is 13.6. The molecule has 6 heteroatoms. The van der Waals surface area contributed by atoms with Crippen molar-refractivity contribution < 1.29 is 12.8 Å². The molecule has 0 spiro atoms. The van der Waals surface area contributed by atoms with E-state index >= 15 is 0 Å². The lowest BCUT2D eigenvalue weighted by atomic mass is 10.1. The van der Waals surface area contributed by atoms with Crippen molar-refractivity contribution in [2.24, 2.45) is 0 Å². The number of hydrogen-bond acceptors (Lipinski definition) is 3. The molecule has 4 nitrogen and oxygen atoms in total. The third-order valence-electron chi connectivity index (χ3n) is 4.01. The summed E-state index contributed by atoms with van der Waals surface area (Å²) in [6, 6.07) is 1.17. The van der Waals surface area contributed by atoms with Crippen LogP contribution in [0.1, 0.15) is 37.3 Å². The minimum absolute atomic E-state index is 0.0289. The number of aryl methyl sites for hydroxylation is 1. The Balaban J connectivity index is 2.58. The Morgan fingerprint density at radius 2 is 2.00 bits per heavy atom. The van der Waals surface area contributed by atoms with Gasteiger partial charge in [0.25, 0.3) is 0 Å². The summed E-state index contributed by atoms with van der Waals surface area (Å²) in [6.45, 7) is 5.60. The van der Waals surface area contributed by atoms with E-state index in [-0.39, 0.29) is 16.6 Å². The van der Waals surface area contributed by atoms with E-state index in [0.29, 0.717) is 17.7 Å². The lowest BCUT2D eigenvalue weighted by Gasteiger charge is -2.33. The highest BCUT2D eigenvalue weighted by Crippen LogP contribution is 2.32. The molecule has 20 heavy (non-hydrogen) atoms. The van der Waals surface area contributed by atoms with Crippen molar-refractivity contribution in [3.8, 4) is 0 Å². The van der Waals surface area contributed by atoms with E-state index in [9.17, 15) is 12.8 Å². The Morgan fingerprint density at radius 3 is 2.60 bits per heavy atom. The van der Waals surface area contributed by atoms with Crippen molar-refractivity contribution in [1.29, 1.82) is 0 Å². The number of hydrogen-bond donors (Lipinski definition) is 1. The molecular weight excluding hydrogens is 279 g/mol. The van der Waals surface area contributed by atoms with E-state index in [2.05, 4.69) is 0 Å². The van der Waals surface area contributed by atoms with Crippen molar-refractivity contribution in [3.05, 3.63) is 23.0 Å². The summed E-state index contributed by atoms with van der Waals surface area (Å²) in [5.74, 6) is -0.564. The molecule has 1 unspecified atom stereocenters. The molecule has 1 atom stereocenters. The summed E-state index contributed by atoms with van der Waals surface area (Å²) < 4.78 is 40.8. The lowest BCUT2D eigenvalue weighted by Crippen LogP contribution is -2.42. The van der Waals surface area contributed by atoms with Crippen molar-refractivity contribution in [2.75, 3.05) is 12.3 Å². The van der Waals surface area contributed by atoms with E-state index in [1.165, 1.54) is 10.4 Å². The molecule has 1 aromatic carbocycles. The van der Waals surface area contributed by atoms with Crippen LogP contribution < -0.4 is 5.73 Å². The molecule has 1 heterocycles. The van der Waals surface area contributed by atoms with E-state index in [1.54, 1.807) is 13.8 Å². The average molecular weight is 300 g/mol. The van der Waals surface area contributed by atoms with E-state index in [4.69, 9.17) is 5.73 Å². The summed E-state index contributed by atoms with van der Waals surface area (Å²) >= 11 is 0. The second kappa shape index (κ2) is 5.33. The first kappa shape index (κ1) is 15.3. The largest absolute Gasteiger partial charge is 0.396 e. The maximum atomic E-state index is 13.6. The molecule has 112 valence electrons. The van der Waals surface area contributed by atoms with Gasteiger partial charge in [0, 0.05) is 12.6 Å². The van der Waals surface area contributed by atoms with Crippen LogP contribution in [0.3, 0.4) is 0 Å². The van der Waals surface area contributed by atoms with Gasteiger partial charge in [0.2, 0.25) is 10.0 Å². The molecular formula is C14H21FN2O2S. The van der Waals surface area contributed by atoms with Crippen molar-refractivity contribution in [1.82, 2.24) is 4.31 Å². The Morgan fingerprint density at radius 1 is 1.35 bits per heavy atom. The predicted octanol–water partition coefficient (Wildman–Crippen LogP) is 2.59. The summed E-state index contributed by atoms with van der Waals surface area (Å²) in [7, 11) is -3.63. The fourth-order valence-corrected chi connectivity index (χ4v) is 5.02. The highest BCUT2D eigenvalue weighted by molar-refractivity contribution is 7.89. The molecule has 1 saturated heterocycles. The van der Waals surface area contributed by atoms with Crippen LogP contribution in [-0.2, 0) is 10.0 Å². The van der Waals surface area contributed by atoms with Gasteiger partial charge in [-0.05, 0) is 50.8 Å². The lowest BCUT2D eigenvalue weighted by molar-refractivity contribution is 0.268. The normalized spacial score (nSPS) is 21.1. The molecule has 0 bridgehead atoms. The first-order valence-corrected chi connectivity index (χ1v) is 8.28. The summed E-state index contributed by atoms with van der Waals surface area (Å²) in [6.07, 6.45) is 2.75. The van der Waals surface area contributed by atoms with Gasteiger partial charge in [0.1, 0.15) is 5.82 Å². The summed E-state index contributed by atoms with van der Waals surface area (Å²) in [4.78, 5) is 0.158. The predicted molar refractivity (Wildman–Crippen MR) is 77.5 cm³/mol. The Labute approximate surface area is 119 Å². The van der Waals surface area contributed by atoms with Gasteiger partial charge in [-0.25, -0.2) is 12.8 Å². The van der Waals surface area contributed by atoms with Crippen LogP contribution in [0.4, 0.5) is 10.1 Å². The van der Waals surface area contributed by atoms with Gasteiger partial charge < -0.3 is 5.73 Å². The van der Waals surface area contributed by atoms with Crippen LogP contribution in [-0.4, -0.2) is 25.3 Å². The number of rotatable bonds is 2. The molecule has 1 aliphatic heterocycles. The van der Waals surface area contributed by atoms with Gasteiger partial charge in [0.05, 0.1) is 10.6 Å². The molecule has 2 rings (SSSR count). The minimum atomic E-state index is -3.63. The van der Waals surface area contributed by atoms with Crippen LogP contribution in [0.5, 0.6) is 0 Å². The molecule has 2 N–H and O–H groups in total. The molecule has 0 radical (unpaired) electrons. The second-order valence-electron chi connectivity index (χ2n) is 5.50. The fraction of sp³-hybridized carbons (Fsp3) is 0.571. The molecule has 1 fully saturated rings. The van der Waals surface area contributed by atoms with Crippen molar-refractivity contribution in [3.63, 3.8) is 0 Å². The quantitative estimate of drug-likeness (QED) is 0.854. The van der Waals surface area contributed by atoms with Gasteiger partial charge in [-0.3, -0.25) is 0 Å². The first-order valence-electron chi connectivity index (χ1n) is 6.84. The van der Waals surface area contributed by atoms with Crippen LogP contribution >= 0.6 is 0 Å². The Bertz CT molecular complexity index is 629. The first-order chi connectivity index (χ1) is 9.26. The van der Waals surface area contributed by atoms with Crippen LogP contribution in [0.2, 0.25) is 0 Å². The van der Waals surface area contributed by atoms with Crippen LogP contribution in [0.25, 0.3) is 0 Å². The van der Waals surface area contributed by atoms with Gasteiger partial charge in [-0.15, -0.1) is 0 Å². The van der Waals surface area contributed by atoms with Crippen LogP contribution in [0.15, 0.2) is 11.0 Å². The number of nitrogens with two attached hydrogens (primary N) is 1. The molecule has 1 aliphatic rings. The topological polar surface area (TPSA) is 63.4 Å². The standard InChI is InChI=1S/C14H21FN2O2S/c1-9-8-12(15)13(16)11(3)14(9)20(18,19)17-7-5-4-6-10(17)2/h8,10H,4-7,16H2,1-3H3. The number of benzene rings is 1. The zero-order chi connectivity index (χ0) is 15.1. The fourth-order valence-electron chi connectivity index (χ4n) is 2.87. The van der Waals surface area contributed by atoms with E-state index < -0.39 is 15.8 Å². The number of halogens is 1. The van der Waals surface area contributed by atoms with E-state index in [0.717, 1.165) is 19.3 Å². The smallest absolute Gasteiger partial charge is 0.243 e. The van der Waals surface area contributed by atoms with Gasteiger partial charge in [-0.2, -0.15) is 4.31 Å². The third-order valence-corrected chi connectivity index (χ3v) is 6.32. The molecule has 0 saturated carbocycles. The molecule has 1 aromatic rings. The zero-order valence-corrected chi connectivity index (χ0v) is 12.9. The van der Waals surface area contributed by atoms with Crippen LogP contribution in [0, 0.1) is 19.7 Å². The number of sulfonamides is 1. The zero-order valence-electron chi connectivity index (χ0n) is 12.1. The van der Waals surface area contributed by atoms with Crippen molar-refractivity contribution >= 4 is 15.7 Å². The van der Waals surface area contributed by atoms with Crippen molar-refractivity contribution in [2.45, 2.75) is 51.0 Å². The highest BCUT2D eigenvalue weighted by Gasteiger charge is 2.33. The Hall–Kier alpha value is -1.14. The summed E-state index contributed by atoms with van der Waals surface area (Å²) in [5, 5.41) is 0. The molecule has 0 aliphatic carbocycles. The number of nitrogen functional groups attached to an aromatic ring is 1.